The third-order valence-electron chi connectivity index (χ3n) is 3.64. The van der Waals surface area contributed by atoms with Crippen molar-refractivity contribution in [3.05, 3.63) is 71.4 Å². The number of halogens is 1. The van der Waals surface area contributed by atoms with E-state index in [1.807, 2.05) is 54.7 Å². The second-order valence-electron chi connectivity index (χ2n) is 5.08. The fraction of sp³-hybridized carbons (Fsp3) is 0.167. The van der Waals surface area contributed by atoms with Gasteiger partial charge in [-0.2, -0.15) is 0 Å². The van der Waals surface area contributed by atoms with Crippen molar-refractivity contribution in [3.8, 4) is 0 Å². The van der Waals surface area contributed by atoms with Gasteiger partial charge in [-0.15, -0.1) is 0 Å². The Morgan fingerprint density at radius 2 is 1.71 bits per heavy atom. The van der Waals surface area contributed by atoms with Crippen LogP contribution in [-0.4, -0.2) is 10.4 Å². The first kappa shape index (κ1) is 13.9. The molecular weight excluding hydrogens is 282 g/mol. The number of fused-ring (bicyclic) bond motifs is 1. The van der Waals surface area contributed by atoms with Crippen LogP contribution in [0.5, 0.6) is 0 Å². The topological polar surface area (TPSA) is 22.0 Å². The summed E-state index contributed by atoms with van der Waals surface area (Å²) in [5.41, 5.74) is 1.91. The van der Waals surface area contributed by atoms with E-state index >= 15 is 0 Å². The van der Waals surface area contributed by atoms with Gasteiger partial charge in [-0.1, -0.05) is 60.1 Å². The molecule has 2 nitrogen and oxygen atoms in total. The van der Waals surface area contributed by atoms with Crippen molar-refractivity contribution >= 4 is 28.3 Å². The maximum Gasteiger partial charge on any atom is 0.162 e. The number of para-hydroxylation sites is 1. The minimum atomic E-state index is 0.193. The lowest BCUT2D eigenvalue weighted by Gasteiger charge is -2.05. The smallest absolute Gasteiger partial charge is 0.162 e. The van der Waals surface area contributed by atoms with Crippen molar-refractivity contribution in [2.75, 3.05) is 0 Å². The molecule has 21 heavy (non-hydrogen) atoms. The van der Waals surface area contributed by atoms with Crippen molar-refractivity contribution in [2.45, 2.75) is 19.4 Å². The molecule has 0 radical (unpaired) electrons. The molecule has 2 aromatic carbocycles. The molecule has 0 saturated heterocycles. The lowest BCUT2D eigenvalue weighted by atomic mass is 10.1. The highest BCUT2D eigenvalue weighted by Crippen LogP contribution is 2.25. The Morgan fingerprint density at radius 3 is 2.52 bits per heavy atom. The van der Waals surface area contributed by atoms with Crippen LogP contribution in [0.4, 0.5) is 0 Å². The van der Waals surface area contributed by atoms with Gasteiger partial charge in [-0.25, -0.2) is 0 Å². The maximum absolute atomic E-state index is 12.1. The largest absolute Gasteiger partial charge is 0.346 e. The van der Waals surface area contributed by atoms with E-state index in [0.29, 0.717) is 6.42 Å². The first-order chi connectivity index (χ1) is 10.3. The van der Waals surface area contributed by atoms with E-state index in [1.165, 1.54) is 0 Å². The van der Waals surface area contributed by atoms with E-state index in [0.717, 1.165) is 34.5 Å². The molecule has 0 aliphatic carbocycles. The molecule has 0 unspecified atom stereocenters. The molecule has 0 spiro atoms. The van der Waals surface area contributed by atoms with Crippen LogP contribution in [0.1, 0.15) is 23.2 Å². The van der Waals surface area contributed by atoms with Crippen LogP contribution < -0.4 is 0 Å². The van der Waals surface area contributed by atoms with Gasteiger partial charge in [0, 0.05) is 35.6 Å². The molecule has 3 aromatic rings. The molecule has 0 atom stereocenters. The summed E-state index contributed by atoms with van der Waals surface area (Å²) < 4.78 is 2.12. The Kier molecular flexibility index (Phi) is 4.07. The molecule has 0 bridgehead atoms. The summed E-state index contributed by atoms with van der Waals surface area (Å²) in [6, 6.07) is 17.5. The van der Waals surface area contributed by atoms with Crippen molar-refractivity contribution < 1.29 is 4.79 Å². The van der Waals surface area contributed by atoms with Gasteiger partial charge < -0.3 is 4.57 Å². The number of nitrogens with zero attached hydrogens (tertiary/aromatic N) is 1. The van der Waals surface area contributed by atoms with E-state index in [-0.39, 0.29) is 5.78 Å². The van der Waals surface area contributed by atoms with E-state index in [4.69, 9.17) is 11.6 Å². The Labute approximate surface area is 129 Å². The quantitative estimate of drug-likeness (QED) is 0.610. The highest BCUT2D eigenvalue weighted by Gasteiger charge is 2.08. The number of hydrogen-bond acceptors (Lipinski definition) is 1. The molecule has 3 rings (SSSR count). The van der Waals surface area contributed by atoms with Crippen LogP contribution in [0.2, 0.25) is 5.02 Å². The number of Topliss-reactive ketones (excluding diaryl/α,β-unsaturated/α-hetero) is 1. The zero-order valence-corrected chi connectivity index (χ0v) is 12.4. The van der Waals surface area contributed by atoms with Gasteiger partial charge in [0.1, 0.15) is 0 Å². The number of rotatable bonds is 5. The Morgan fingerprint density at radius 1 is 1.00 bits per heavy atom. The molecule has 1 heterocycles. The molecule has 0 amide bonds. The average Bonchev–Trinajstić information content (AvgIpc) is 2.85. The summed E-state index contributed by atoms with van der Waals surface area (Å²) in [4.78, 5) is 12.1. The summed E-state index contributed by atoms with van der Waals surface area (Å²) in [5, 5.41) is 1.83. The zero-order valence-electron chi connectivity index (χ0n) is 11.6. The monoisotopic (exact) mass is 297 g/mol. The van der Waals surface area contributed by atoms with Crippen molar-refractivity contribution in [1.29, 1.82) is 0 Å². The molecule has 0 fully saturated rings. The Hall–Kier alpha value is -2.06. The zero-order chi connectivity index (χ0) is 14.7. The van der Waals surface area contributed by atoms with Crippen LogP contribution in [0, 0.1) is 0 Å². The SMILES string of the molecule is O=C(CCCn1cc(Cl)c2ccccc21)c1ccccc1. The van der Waals surface area contributed by atoms with Crippen LogP contribution >= 0.6 is 11.6 Å². The van der Waals surface area contributed by atoms with E-state index in [9.17, 15) is 4.79 Å². The van der Waals surface area contributed by atoms with Gasteiger partial charge in [0.2, 0.25) is 0 Å². The third kappa shape index (κ3) is 3.01. The summed E-state index contributed by atoms with van der Waals surface area (Å²) in [5.74, 6) is 0.193. The van der Waals surface area contributed by atoms with Crippen LogP contribution in [0.15, 0.2) is 60.8 Å². The van der Waals surface area contributed by atoms with Crippen LogP contribution in [-0.2, 0) is 6.54 Å². The Bertz CT molecular complexity index is 761. The molecule has 3 heteroatoms. The second-order valence-corrected chi connectivity index (χ2v) is 5.49. The van der Waals surface area contributed by atoms with Gasteiger partial charge in [0.05, 0.1) is 5.02 Å². The number of ketones is 1. The number of carbonyl (C=O) groups is 1. The van der Waals surface area contributed by atoms with E-state index in [2.05, 4.69) is 10.6 Å². The molecule has 1 aromatic heterocycles. The van der Waals surface area contributed by atoms with Crippen molar-refractivity contribution in [1.82, 2.24) is 4.57 Å². The van der Waals surface area contributed by atoms with Gasteiger partial charge in [0.15, 0.2) is 5.78 Å². The van der Waals surface area contributed by atoms with Gasteiger partial charge in [-0.05, 0) is 12.5 Å². The number of aryl methyl sites for hydroxylation is 1. The van der Waals surface area contributed by atoms with Gasteiger partial charge in [0.25, 0.3) is 0 Å². The summed E-state index contributed by atoms with van der Waals surface area (Å²) in [7, 11) is 0. The van der Waals surface area contributed by atoms with Crippen molar-refractivity contribution in [2.24, 2.45) is 0 Å². The van der Waals surface area contributed by atoms with E-state index < -0.39 is 0 Å². The average molecular weight is 298 g/mol. The minimum Gasteiger partial charge on any atom is -0.346 e. The minimum absolute atomic E-state index is 0.193. The number of hydrogen-bond donors (Lipinski definition) is 0. The first-order valence-corrected chi connectivity index (χ1v) is 7.45. The molecule has 106 valence electrons. The molecular formula is C18H16ClNO. The number of aromatic nitrogens is 1. The molecule has 0 aliphatic rings. The fourth-order valence-electron chi connectivity index (χ4n) is 2.57. The number of benzene rings is 2. The lowest BCUT2D eigenvalue weighted by molar-refractivity contribution is 0.0978. The highest BCUT2D eigenvalue weighted by atomic mass is 35.5. The Balaban J connectivity index is 1.66. The third-order valence-corrected chi connectivity index (χ3v) is 3.94. The predicted molar refractivity (Wildman–Crippen MR) is 87.0 cm³/mol. The first-order valence-electron chi connectivity index (χ1n) is 7.07. The summed E-state index contributed by atoms with van der Waals surface area (Å²) in [6.07, 6.45) is 3.30. The highest BCUT2D eigenvalue weighted by molar-refractivity contribution is 6.35. The lowest BCUT2D eigenvalue weighted by Crippen LogP contribution is -2.02. The van der Waals surface area contributed by atoms with E-state index in [1.54, 1.807) is 0 Å². The summed E-state index contributed by atoms with van der Waals surface area (Å²) in [6.45, 7) is 0.797. The van der Waals surface area contributed by atoms with Crippen LogP contribution in [0.25, 0.3) is 10.9 Å². The molecule has 0 N–H and O–H groups in total. The fourth-order valence-corrected chi connectivity index (χ4v) is 2.84. The molecule has 0 aliphatic heterocycles. The predicted octanol–water partition coefficient (Wildman–Crippen LogP) is 4.96. The van der Waals surface area contributed by atoms with Crippen LogP contribution in [0.3, 0.4) is 0 Å². The summed E-state index contributed by atoms with van der Waals surface area (Å²) >= 11 is 6.23. The van der Waals surface area contributed by atoms with Crippen molar-refractivity contribution in [3.63, 3.8) is 0 Å². The second kappa shape index (κ2) is 6.15. The molecule has 0 saturated carbocycles. The standard InChI is InChI=1S/C18H16ClNO/c19-16-13-20(17-10-5-4-9-15(16)17)12-6-11-18(21)14-7-2-1-3-8-14/h1-5,7-10,13H,6,11-12H2. The van der Waals surface area contributed by atoms with Gasteiger partial charge >= 0.3 is 0 Å². The van der Waals surface area contributed by atoms with Gasteiger partial charge in [-0.3, -0.25) is 4.79 Å². The normalized spacial score (nSPS) is 10.9. The number of carbonyl (C=O) groups excluding carboxylic acids is 1. The maximum atomic E-state index is 12.1.